The second kappa shape index (κ2) is 5.60. The van der Waals surface area contributed by atoms with E-state index in [2.05, 4.69) is 13.8 Å². The Morgan fingerprint density at radius 1 is 1.17 bits per heavy atom. The lowest BCUT2D eigenvalue weighted by molar-refractivity contribution is -0.135. The third kappa shape index (κ3) is 3.05. The Morgan fingerprint density at radius 2 is 1.72 bits per heavy atom. The number of carbonyl (C=O) groups is 1. The summed E-state index contributed by atoms with van der Waals surface area (Å²) in [5.41, 5.74) is 6.59. The van der Waals surface area contributed by atoms with Gasteiger partial charge in [0.15, 0.2) is 0 Å². The lowest BCUT2D eigenvalue weighted by Crippen LogP contribution is -2.49. The predicted molar refractivity (Wildman–Crippen MR) is 74.1 cm³/mol. The van der Waals surface area contributed by atoms with Crippen LogP contribution in [0.2, 0.25) is 0 Å². The third-order valence-corrected chi connectivity index (χ3v) is 4.84. The number of nitrogens with two attached hydrogens (primary N) is 1. The zero-order valence-electron chi connectivity index (χ0n) is 12.0. The number of hydrogen-bond acceptors (Lipinski definition) is 2. The molecule has 0 aromatic carbocycles. The van der Waals surface area contributed by atoms with E-state index in [0.717, 1.165) is 19.5 Å². The highest BCUT2D eigenvalue weighted by Crippen LogP contribution is 2.46. The number of amides is 1. The highest BCUT2D eigenvalue weighted by molar-refractivity contribution is 5.81. The Morgan fingerprint density at radius 3 is 2.22 bits per heavy atom. The molecule has 1 saturated heterocycles. The molecular formula is C15H28N2O. The molecular weight excluding hydrogens is 224 g/mol. The second-order valence-corrected chi connectivity index (χ2v) is 6.77. The molecule has 2 fully saturated rings. The lowest BCUT2D eigenvalue weighted by Gasteiger charge is -2.40. The fourth-order valence-electron chi connectivity index (χ4n) is 3.67. The fourth-order valence-corrected chi connectivity index (χ4v) is 3.67. The Bertz CT molecular complexity index is 285. The molecule has 1 aliphatic heterocycles. The predicted octanol–water partition coefficient (Wildman–Crippen LogP) is 2.54. The van der Waals surface area contributed by atoms with Crippen LogP contribution < -0.4 is 5.73 Å². The summed E-state index contributed by atoms with van der Waals surface area (Å²) in [4.78, 5) is 14.2. The zero-order valence-corrected chi connectivity index (χ0v) is 12.0. The van der Waals surface area contributed by atoms with Crippen molar-refractivity contribution in [1.29, 1.82) is 0 Å². The maximum atomic E-state index is 12.2. The van der Waals surface area contributed by atoms with Gasteiger partial charge in [-0.2, -0.15) is 0 Å². The third-order valence-electron chi connectivity index (χ3n) is 4.84. The van der Waals surface area contributed by atoms with Crippen LogP contribution in [0.3, 0.4) is 0 Å². The molecule has 0 bridgehead atoms. The molecule has 0 aromatic heterocycles. The molecule has 1 amide bonds. The molecule has 104 valence electrons. The maximum absolute atomic E-state index is 12.2. The van der Waals surface area contributed by atoms with Crippen molar-refractivity contribution >= 4 is 5.91 Å². The summed E-state index contributed by atoms with van der Waals surface area (Å²) in [5, 5.41) is 0. The van der Waals surface area contributed by atoms with Crippen molar-refractivity contribution in [3.8, 4) is 0 Å². The quantitative estimate of drug-likeness (QED) is 0.839. The molecule has 1 saturated carbocycles. The lowest BCUT2D eigenvalue weighted by atomic mass is 9.77. The van der Waals surface area contributed by atoms with Gasteiger partial charge in [0.05, 0.1) is 6.04 Å². The molecule has 0 radical (unpaired) electrons. The van der Waals surface area contributed by atoms with Gasteiger partial charge in [-0.3, -0.25) is 4.79 Å². The Kier molecular flexibility index (Phi) is 4.31. The maximum Gasteiger partial charge on any atom is 0.239 e. The minimum Gasteiger partial charge on any atom is -0.341 e. The SMILES string of the molecule is CC(C)C[C@@H](N)C(=O)N1CCC2(CCCC2)CC1. The molecule has 1 atom stereocenters. The van der Waals surface area contributed by atoms with Crippen molar-refractivity contribution < 1.29 is 4.79 Å². The van der Waals surface area contributed by atoms with E-state index >= 15 is 0 Å². The first-order valence-electron chi connectivity index (χ1n) is 7.57. The number of hydrogen-bond donors (Lipinski definition) is 1. The van der Waals surface area contributed by atoms with Crippen LogP contribution in [0.5, 0.6) is 0 Å². The van der Waals surface area contributed by atoms with Crippen LogP contribution in [-0.2, 0) is 4.79 Å². The highest BCUT2D eigenvalue weighted by atomic mass is 16.2. The summed E-state index contributed by atoms with van der Waals surface area (Å²) in [6.07, 6.45) is 8.75. The van der Waals surface area contributed by atoms with E-state index in [0.29, 0.717) is 11.3 Å². The monoisotopic (exact) mass is 252 g/mol. The first kappa shape index (κ1) is 13.9. The standard InChI is InChI=1S/C15H28N2O/c1-12(2)11-13(16)14(18)17-9-7-15(8-10-17)5-3-4-6-15/h12-13H,3-11,16H2,1-2H3/t13-/m1/s1. The van der Waals surface area contributed by atoms with Gasteiger partial charge in [-0.1, -0.05) is 26.7 Å². The van der Waals surface area contributed by atoms with Crippen molar-refractivity contribution in [1.82, 2.24) is 4.90 Å². The van der Waals surface area contributed by atoms with Gasteiger partial charge in [0.25, 0.3) is 0 Å². The van der Waals surface area contributed by atoms with E-state index in [1.807, 2.05) is 4.90 Å². The smallest absolute Gasteiger partial charge is 0.239 e. The number of carbonyl (C=O) groups excluding carboxylic acids is 1. The van der Waals surface area contributed by atoms with Crippen LogP contribution in [0, 0.1) is 11.3 Å². The number of piperidine rings is 1. The van der Waals surface area contributed by atoms with Crippen LogP contribution in [0.15, 0.2) is 0 Å². The van der Waals surface area contributed by atoms with Gasteiger partial charge in [0, 0.05) is 13.1 Å². The van der Waals surface area contributed by atoms with Gasteiger partial charge in [-0.05, 0) is 43.4 Å². The molecule has 18 heavy (non-hydrogen) atoms. The van der Waals surface area contributed by atoms with Crippen LogP contribution in [-0.4, -0.2) is 29.9 Å². The van der Waals surface area contributed by atoms with Gasteiger partial charge >= 0.3 is 0 Å². The number of rotatable bonds is 3. The van der Waals surface area contributed by atoms with E-state index in [1.165, 1.54) is 38.5 Å². The van der Waals surface area contributed by atoms with Gasteiger partial charge in [-0.15, -0.1) is 0 Å². The van der Waals surface area contributed by atoms with Gasteiger partial charge in [0.2, 0.25) is 5.91 Å². The summed E-state index contributed by atoms with van der Waals surface area (Å²) in [7, 11) is 0. The van der Waals surface area contributed by atoms with Crippen molar-refractivity contribution in [2.45, 2.75) is 64.8 Å². The summed E-state index contributed by atoms with van der Waals surface area (Å²) in [6.45, 7) is 6.11. The van der Waals surface area contributed by atoms with Crippen LogP contribution in [0.1, 0.15) is 58.8 Å². The Hall–Kier alpha value is -0.570. The Labute approximate surface area is 111 Å². The normalized spacial score (nSPS) is 24.8. The topological polar surface area (TPSA) is 46.3 Å². The van der Waals surface area contributed by atoms with Crippen molar-refractivity contribution in [2.75, 3.05) is 13.1 Å². The van der Waals surface area contributed by atoms with E-state index in [9.17, 15) is 4.79 Å². The minimum absolute atomic E-state index is 0.177. The first-order chi connectivity index (χ1) is 8.52. The van der Waals surface area contributed by atoms with E-state index in [4.69, 9.17) is 5.73 Å². The summed E-state index contributed by atoms with van der Waals surface area (Å²) in [5.74, 6) is 0.673. The first-order valence-corrected chi connectivity index (χ1v) is 7.57. The van der Waals surface area contributed by atoms with Crippen molar-refractivity contribution in [3.63, 3.8) is 0 Å². The molecule has 1 aliphatic carbocycles. The number of nitrogens with zero attached hydrogens (tertiary/aromatic N) is 1. The minimum atomic E-state index is -0.289. The van der Waals surface area contributed by atoms with E-state index in [1.54, 1.807) is 0 Å². The van der Waals surface area contributed by atoms with E-state index < -0.39 is 0 Å². The molecule has 2 rings (SSSR count). The average Bonchev–Trinajstić information content (AvgIpc) is 2.77. The molecule has 3 heteroatoms. The largest absolute Gasteiger partial charge is 0.341 e. The van der Waals surface area contributed by atoms with Crippen LogP contribution >= 0.6 is 0 Å². The average molecular weight is 252 g/mol. The van der Waals surface area contributed by atoms with Crippen LogP contribution in [0.25, 0.3) is 0 Å². The van der Waals surface area contributed by atoms with Crippen molar-refractivity contribution in [2.24, 2.45) is 17.1 Å². The zero-order chi connectivity index (χ0) is 13.2. The molecule has 0 aromatic rings. The molecule has 1 spiro atoms. The summed E-state index contributed by atoms with van der Waals surface area (Å²) in [6, 6.07) is -0.289. The molecule has 0 unspecified atom stereocenters. The van der Waals surface area contributed by atoms with Crippen molar-refractivity contribution in [3.05, 3.63) is 0 Å². The summed E-state index contributed by atoms with van der Waals surface area (Å²) < 4.78 is 0. The van der Waals surface area contributed by atoms with Gasteiger partial charge in [0.1, 0.15) is 0 Å². The summed E-state index contributed by atoms with van der Waals surface area (Å²) >= 11 is 0. The van der Waals surface area contributed by atoms with Gasteiger partial charge < -0.3 is 10.6 Å². The molecule has 2 aliphatic rings. The molecule has 2 N–H and O–H groups in total. The Balaban J connectivity index is 1.83. The van der Waals surface area contributed by atoms with Gasteiger partial charge in [-0.25, -0.2) is 0 Å². The van der Waals surface area contributed by atoms with Crippen LogP contribution in [0.4, 0.5) is 0 Å². The second-order valence-electron chi connectivity index (χ2n) is 6.77. The fraction of sp³-hybridized carbons (Fsp3) is 0.933. The van der Waals surface area contributed by atoms with E-state index in [-0.39, 0.29) is 11.9 Å². The molecule has 3 nitrogen and oxygen atoms in total. The highest BCUT2D eigenvalue weighted by Gasteiger charge is 2.38. The number of likely N-dealkylation sites (tertiary alicyclic amines) is 1. The molecule has 1 heterocycles.